The van der Waals surface area contributed by atoms with E-state index in [1.54, 1.807) is 13.1 Å². The van der Waals surface area contributed by atoms with Crippen molar-refractivity contribution in [2.45, 2.75) is 13.0 Å². The van der Waals surface area contributed by atoms with E-state index in [4.69, 9.17) is 11.6 Å². The number of nitriles is 1. The summed E-state index contributed by atoms with van der Waals surface area (Å²) in [6.45, 7) is 1.67. The third kappa shape index (κ3) is 3.76. The van der Waals surface area contributed by atoms with Gasteiger partial charge in [-0.25, -0.2) is 4.98 Å². The number of carbonyl (C=O) groups is 1. The maximum Gasteiger partial charge on any atom is 0.291 e. The largest absolute Gasteiger partial charge is 0.387 e. The third-order valence-corrected chi connectivity index (χ3v) is 6.04. The highest BCUT2D eigenvalue weighted by molar-refractivity contribution is 6.36. The van der Waals surface area contributed by atoms with Crippen LogP contribution < -0.4 is 10.6 Å². The van der Waals surface area contributed by atoms with E-state index in [1.807, 2.05) is 49.0 Å². The summed E-state index contributed by atoms with van der Waals surface area (Å²) in [6, 6.07) is 13.2. The Kier molecular flexibility index (Phi) is 5.68. The number of fused-ring (bicyclic) bond motifs is 1. The molecule has 0 fully saturated rings. The molecule has 8 heteroatoms. The molecule has 0 atom stereocenters. The summed E-state index contributed by atoms with van der Waals surface area (Å²) >= 11 is 6.68. The van der Waals surface area contributed by atoms with E-state index in [1.165, 1.54) is 0 Å². The van der Waals surface area contributed by atoms with Gasteiger partial charge in [-0.2, -0.15) is 5.26 Å². The Labute approximate surface area is 186 Å². The summed E-state index contributed by atoms with van der Waals surface area (Å²) in [5.74, 6) is 0.0414. The number of carbonyl (C=O) groups excluding carboxylic acids is 1. The van der Waals surface area contributed by atoms with Gasteiger partial charge in [0.1, 0.15) is 6.07 Å². The summed E-state index contributed by atoms with van der Waals surface area (Å²) in [5, 5.41) is 16.0. The summed E-state index contributed by atoms with van der Waals surface area (Å²) in [5.41, 5.74) is 5.08. The van der Waals surface area contributed by atoms with Crippen LogP contribution in [0.25, 0.3) is 11.1 Å². The molecular weight excluding hydrogens is 412 g/mol. The van der Waals surface area contributed by atoms with Crippen LogP contribution in [0.1, 0.15) is 27.6 Å². The lowest BCUT2D eigenvalue weighted by Crippen LogP contribution is -2.27. The van der Waals surface area contributed by atoms with E-state index >= 15 is 0 Å². The molecule has 1 amide bonds. The second-order valence-electron chi connectivity index (χ2n) is 7.59. The van der Waals surface area contributed by atoms with Crippen LogP contribution in [0.15, 0.2) is 36.4 Å². The van der Waals surface area contributed by atoms with Crippen LogP contribution >= 0.6 is 11.6 Å². The van der Waals surface area contributed by atoms with Crippen molar-refractivity contribution in [1.29, 1.82) is 5.26 Å². The molecule has 2 aromatic carbocycles. The lowest BCUT2D eigenvalue weighted by molar-refractivity contribution is 0.101. The molecule has 7 nitrogen and oxygen atoms in total. The second-order valence-corrected chi connectivity index (χ2v) is 7.96. The Morgan fingerprint density at radius 2 is 1.87 bits per heavy atom. The Bertz CT molecular complexity index is 1210. The number of halogens is 1. The van der Waals surface area contributed by atoms with Crippen LogP contribution in [0.3, 0.4) is 0 Å². The number of rotatable bonds is 4. The molecule has 3 aromatic rings. The molecule has 0 spiro atoms. The number of aromatic nitrogens is 2. The fourth-order valence-electron chi connectivity index (χ4n) is 3.98. The molecule has 0 saturated carbocycles. The third-order valence-electron chi connectivity index (χ3n) is 5.63. The van der Waals surface area contributed by atoms with E-state index < -0.39 is 0 Å². The number of hydrogen-bond acceptors (Lipinski definition) is 5. The van der Waals surface area contributed by atoms with E-state index in [2.05, 4.69) is 26.6 Å². The fraction of sp³-hybridized carbons (Fsp3) is 0.261. The van der Waals surface area contributed by atoms with Crippen molar-refractivity contribution >= 4 is 28.9 Å². The average Bonchev–Trinajstić information content (AvgIpc) is 3.10. The van der Waals surface area contributed by atoms with Gasteiger partial charge >= 0.3 is 0 Å². The van der Waals surface area contributed by atoms with Gasteiger partial charge in [0.25, 0.3) is 5.91 Å². The highest BCUT2D eigenvalue weighted by Gasteiger charge is 2.24. The van der Waals surface area contributed by atoms with Gasteiger partial charge in [0.15, 0.2) is 5.82 Å². The van der Waals surface area contributed by atoms with Gasteiger partial charge < -0.3 is 20.1 Å². The van der Waals surface area contributed by atoms with Gasteiger partial charge in [-0.05, 0) is 19.2 Å². The normalized spacial score (nSPS) is 13.4. The molecule has 1 aliphatic rings. The maximum atomic E-state index is 13.0. The topological polar surface area (TPSA) is 86.0 Å². The van der Waals surface area contributed by atoms with Crippen LogP contribution in [0.4, 0.5) is 11.4 Å². The lowest BCUT2D eigenvalue weighted by atomic mass is 9.98. The molecule has 0 unspecified atom stereocenters. The van der Waals surface area contributed by atoms with Crippen molar-refractivity contribution < 1.29 is 4.79 Å². The van der Waals surface area contributed by atoms with Crippen molar-refractivity contribution in [2.24, 2.45) is 7.05 Å². The first kappa shape index (κ1) is 20.9. The molecule has 1 aromatic heterocycles. The number of likely N-dealkylation sites (N-methyl/N-ethyl adjacent to an activating group) is 1. The van der Waals surface area contributed by atoms with Gasteiger partial charge in [0.2, 0.25) is 0 Å². The van der Waals surface area contributed by atoms with Crippen LogP contribution in [0, 0.1) is 11.3 Å². The number of nitrogens with one attached hydrogen (secondary N) is 2. The van der Waals surface area contributed by atoms with E-state index in [0.717, 1.165) is 30.9 Å². The minimum atomic E-state index is -0.317. The number of anilines is 2. The highest BCUT2D eigenvalue weighted by Crippen LogP contribution is 2.37. The van der Waals surface area contributed by atoms with E-state index in [0.29, 0.717) is 38.9 Å². The molecule has 2 heterocycles. The number of amides is 1. The summed E-state index contributed by atoms with van der Waals surface area (Å²) in [4.78, 5) is 19.8. The average molecular weight is 435 g/mol. The molecule has 0 radical (unpaired) electrons. The highest BCUT2D eigenvalue weighted by atomic mass is 35.5. The molecule has 1 aliphatic heterocycles. The first-order valence-electron chi connectivity index (χ1n) is 9.98. The van der Waals surface area contributed by atoms with Crippen molar-refractivity contribution in [2.75, 3.05) is 31.3 Å². The molecule has 0 bridgehead atoms. The zero-order valence-corrected chi connectivity index (χ0v) is 18.4. The Morgan fingerprint density at radius 1 is 1.16 bits per heavy atom. The van der Waals surface area contributed by atoms with Crippen LogP contribution in [-0.4, -0.2) is 41.0 Å². The van der Waals surface area contributed by atoms with Gasteiger partial charge in [0, 0.05) is 50.4 Å². The predicted octanol–water partition coefficient (Wildman–Crippen LogP) is 3.89. The Hall–Kier alpha value is -3.34. The molecule has 2 N–H and O–H groups in total. The number of hydrogen-bond donors (Lipinski definition) is 2. The van der Waals surface area contributed by atoms with Crippen molar-refractivity contribution in [1.82, 2.24) is 14.5 Å². The molecule has 31 heavy (non-hydrogen) atoms. The van der Waals surface area contributed by atoms with Crippen LogP contribution in [0.2, 0.25) is 5.02 Å². The minimum absolute atomic E-state index is 0.317. The molecular formula is C23H23ClN6O. The van der Waals surface area contributed by atoms with Crippen molar-refractivity contribution in [3.63, 3.8) is 0 Å². The fourth-order valence-corrected chi connectivity index (χ4v) is 4.26. The molecule has 4 rings (SSSR count). The predicted molar refractivity (Wildman–Crippen MR) is 122 cm³/mol. The van der Waals surface area contributed by atoms with E-state index in [9.17, 15) is 10.1 Å². The van der Waals surface area contributed by atoms with Crippen LogP contribution in [-0.2, 0) is 20.0 Å². The minimum Gasteiger partial charge on any atom is -0.387 e. The number of imidazole rings is 1. The van der Waals surface area contributed by atoms with E-state index in [-0.39, 0.29) is 5.91 Å². The molecule has 158 valence electrons. The standard InChI is InChI=1S/C23H23ClN6O/c1-26-17-8-4-6-14(16(17)12-25)15-7-5-9-18(21(15)24)28-23(31)22-27-19-13-29(2)11-10-20(19)30(22)3/h4-9,26H,10-11,13H2,1-3H3,(H,28,31). The van der Waals surface area contributed by atoms with Gasteiger partial charge in [-0.15, -0.1) is 0 Å². The number of benzene rings is 2. The Balaban J connectivity index is 1.68. The van der Waals surface area contributed by atoms with Crippen LogP contribution in [0.5, 0.6) is 0 Å². The maximum absolute atomic E-state index is 13.0. The lowest BCUT2D eigenvalue weighted by Gasteiger charge is -2.21. The zero-order chi connectivity index (χ0) is 22.1. The monoisotopic (exact) mass is 434 g/mol. The first-order chi connectivity index (χ1) is 14.9. The molecule has 0 saturated heterocycles. The summed E-state index contributed by atoms with van der Waals surface area (Å²) in [7, 11) is 5.68. The quantitative estimate of drug-likeness (QED) is 0.650. The zero-order valence-electron chi connectivity index (χ0n) is 17.7. The van der Waals surface area contributed by atoms with Gasteiger partial charge in [-0.3, -0.25) is 4.79 Å². The van der Waals surface area contributed by atoms with Crippen molar-refractivity contribution in [3.05, 3.63) is 64.2 Å². The first-order valence-corrected chi connectivity index (χ1v) is 10.4. The van der Waals surface area contributed by atoms with Gasteiger partial charge in [0.05, 0.1) is 27.7 Å². The smallest absolute Gasteiger partial charge is 0.291 e. The number of nitrogens with zero attached hydrogens (tertiary/aromatic N) is 4. The second kappa shape index (κ2) is 8.42. The summed E-state index contributed by atoms with van der Waals surface area (Å²) < 4.78 is 1.86. The SMILES string of the molecule is CNc1cccc(-c2cccc(NC(=O)c3nc4c(n3C)CCN(C)C4)c2Cl)c1C#N. The van der Waals surface area contributed by atoms with Gasteiger partial charge in [-0.1, -0.05) is 35.9 Å². The molecule has 0 aliphatic carbocycles. The van der Waals surface area contributed by atoms with Crippen molar-refractivity contribution in [3.8, 4) is 17.2 Å². The summed E-state index contributed by atoms with van der Waals surface area (Å²) in [6.07, 6.45) is 0.859. The Morgan fingerprint density at radius 3 is 2.58 bits per heavy atom.